The van der Waals surface area contributed by atoms with E-state index in [-0.39, 0.29) is 36.0 Å². The van der Waals surface area contributed by atoms with Gasteiger partial charge in [0.25, 0.3) is 5.91 Å². The Hall–Kier alpha value is -3.61. The first kappa shape index (κ1) is 23.5. The fraction of sp³-hybridized carbons (Fsp3) is 0.333. The minimum atomic E-state index is -0.382. The molecule has 2 aromatic carbocycles. The Morgan fingerprint density at radius 1 is 1.15 bits per heavy atom. The molecule has 1 aromatic heterocycles. The molecule has 34 heavy (non-hydrogen) atoms. The molecule has 1 aliphatic rings. The van der Waals surface area contributed by atoms with Crippen LogP contribution in [-0.4, -0.2) is 41.8 Å². The Labute approximate surface area is 198 Å². The zero-order valence-corrected chi connectivity index (χ0v) is 19.7. The van der Waals surface area contributed by atoms with E-state index >= 15 is 0 Å². The highest BCUT2D eigenvalue weighted by Crippen LogP contribution is 2.37. The third-order valence-electron chi connectivity index (χ3n) is 6.21. The molecule has 3 aromatic rings. The summed E-state index contributed by atoms with van der Waals surface area (Å²) < 4.78 is 25.7. The number of furan rings is 1. The van der Waals surface area contributed by atoms with Gasteiger partial charge in [0.15, 0.2) is 5.76 Å². The Morgan fingerprint density at radius 3 is 2.71 bits per heavy atom. The average Bonchev–Trinajstić information content (AvgIpc) is 3.34. The molecule has 1 atom stereocenters. The van der Waals surface area contributed by atoms with Gasteiger partial charge in [0.05, 0.1) is 6.04 Å². The van der Waals surface area contributed by atoms with Crippen molar-refractivity contribution >= 4 is 11.8 Å². The minimum Gasteiger partial charge on any atom is -0.486 e. The van der Waals surface area contributed by atoms with Gasteiger partial charge < -0.3 is 19.0 Å². The fourth-order valence-corrected chi connectivity index (χ4v) is 4.25. The lowest BCUT2D eigenvalue weighted by molar-refractivity contribution is -0.132. The van der Waals surface area contributed by atoms with Crippen LogP contribution in [0.5, 0.6) is 5.75 Å². The predicted octanol–water partition coefficient (Wildman–Crippen LogP) is 4.97. The van der Waals surface area contributed by atoms with Crippen LogP contribution < -0.4 is 4.74 Å². The Balaban J connectivity index is 1.59. The Kier molecular flexibility index (Phi) is 7.01. The summed E-state index contributed by atoms with van der Waals surface area (Å²) >= 11 is 0. The monoisotopic (exact) mass is 464 g/mol. The quantitative estimate of drug-likeness (QED) is 0.495. The summed E-state index contributed by atoms with van der Waals surface area (Å²) in [4.78, 5) is 28.4. The topological polar surface area (TPSA) is 63.0 Å². The maximum absolute atomic E-state index is 14.1. The van der Waals surface area contributed by atoms with E-state index in [4.69, 9.17) is 9.15 Å². The minimum absolute atomic E-state index is 0.0241. The number of fused-ring (bicyclic) bond motifs is 1. The molecule has 2 heterocycles. The third-order valence-corrected chi connectivity index (χ3v) is 6.21. The standard InChI is InChI=1S/C27H29FN2O4/c1-4-25(31)30-14-13-18-9-10-21(16-23(18)26(30)19-7-6-8-20(28)15-19)33-17-22-11-12-24(34-22)27(32)29(3)5-2/h6-12,15-16,26H,4-5,13-14,17H2,1-3H3. The van der Waals surface area contributed by atoms with Gasteiger partial charge in [0, 0.05) is 26.6 Å². The molecule has 1 aliphatic heterocycles. The number of benzene rings is 2. The zero-order chi connectivity index (χ0) is 24.2. The number of hydrogen-bond donors (Lipinski definition) is 0. The van der Waals surface area contributed by atoms with Gasteiger partial charge in [0.2, 0.25) is 5.91 Å². The summed E-state index contributed by atoms with van der Waals surface area (Å²) in [5.74, 6) is 0.930. The van der Waals surface area contributed by atoms with Gasteiger partial charge in [-0.2, -0.15) is 0 Å². The molecule has 0 aliphatic carbocycles. The van der Waals surface area contributed by atoms with Gasteiger partial charge in [0.1, 0.15) is 23.9 Å². The van der Waals surface area contributed by atoms with E-state index in [1.807, 2.05) is 43.0 Å². The summed E-state index contributed by atoms with van der Waals surface area (Å²) in [5, 5.41) is 0. The number of hydrogen-bond acceptors (Lipinski definition) is 4. The highest BCUT2D eigenvalue weighted by atomic mass is 19.1. The van der Waals surface area contributed by atoms with Crippen LogP contribution >= 0.6 is 0 Å². The number of rotatable bonds is 7. The molecule has 0 saturated carbocycles. The lowest BCUT2D eigenvalue weighted by Crippen LogP contribution is -2.40. The van der Waals surface area contributed by atoms with E-state index in [1.165, 1.54) is 12.1 Å². The Morgan fingerprint density at radius 2 is 1.97 bits per heavy atom. The van der Waals surface area contributed by atoms with Gasteiger partial charge in [-0.25, -0.2) is 4.39 Å². The number of ether oxygens (including phenoxy) is 1. The van der Waals surface area contributed by atoms with E-state index < -0.39 is 0 Å². The van der Waals surface area contributed by atoms with Crippen molar-refractivity contribution in [1.29, 1.82) is 0 Å². The zero-order valence-electron chi connectivity index (χ0n) is 19.7. The third kappa shape index (κ3) is 4.83. The maximum atomic E-state index is 14.1. The predicted molar refractivity (Wildman–Crippen MR) is 126 cm³/mol. The van der Waals surface area contributed by atoms with E-state index in [1.54, 1.807) is 30.1 Å². The van der Waals surface area contributed by atoms with Crippen LogP contribution in [0.4, 0.5) is 4.39 Å². The molecule has 0 saturated heterocycles. The number of carbonyl (C=O) groups excluding carboxylic acids is 2. The van der Waals surface area contributed by atoms with Crippen molar-refractivity contribution in [3.63, 3.8) is 0 Å². The van der Waals surface area contributed by atoms with Crippen LogP contribution in [0, 0.1) is 5.82 Å². The summed E-state index contributed by atoms with van der Waals surface area (Å²) in [6.07, 6.45) is 1.10. The highest BCUT2D eigenvalue weighted by molar-refractivity contribution is 5.91. The van der Waals surface area contributed by atoms with Crippen molar-refractivity contribution in [2.24, 2.45) is 0 Å². The lowest BCUT2D eigenvalue weighted by atomic mass is 9.87. The van der Waals surface area contributed by atoms with Gasteiger partial charge in [-0.15, -0.1) is 0 Å². The van der Waals surface area contributed by atoms with Crippen LogP contribution in [0.1, 0.15) is 59.3 Å². The van der Waals surface area contributed by atoms with Crippen molar-refractivity contribution in [2.45, 2.75) is 39.3 Å². The van der Waals surface area contributed by atoms with Crippen LogP contribution in [0.2, 0.25) is 0 Å². The van der Waals surface area contributed by atoms with Gasteiger partial charge in [-0.3, -0.25) is 9.59 Å². The SMILES string of the molecule is CCC(=O)N1CCc2ccc(OCc3ccc(C(=O)N(C)CC)o3)cc2C1c1cccc(F)c1. The second kappa shape index (κ2) is 10.1. The van der Waals surface area contributed by atoms with Crippen LogP contribution in [0.15, 0.2) is 59.0 Å². The molecule has 0 radical (unpaired) electrons. The summed E-state index contributed by atoms with van der Waals surface area (Å²) in [5.41, 5.74) is 2.76. The van der Waals surface area contributed by atoms with Crippen molar-refractivity contribution in [3.05, 3.63) is 88.6 Å². The summed E-state index contributed by atoms with van der Waals surface area (Å²) in [7, 11) is 1.72. The molecule has 0 bridgehead atoms. The van der Waals surface area contributed by atoms with Crippen LogP contribution in [0.25, 0.3) is 0 Å². The molecule has 4 rings (SSSR count). The maximum Gasteiger partial charge on any atom is 0.289 e. The summed E-state index contributed by atoms with van der Waals surface area (Å²) in [6, 6.07) is 15.2. The molecule has 0 fully saturated rings. The normalized spacial score (nSPS) is 15.1. The number of amides is 2. The van der Waals surface area contributed by atoms with Gasteiger partial charge in [-0.1, -0.05) is 25.1 Å². The molecule has 0 N–H and O–H groups in total. The largest absolute Gasteiger partial charge is 0.486 e. The number of carbonyl (C=O) groups is 2. The van der Waals surface area contributed by atoms with E-state index in [0.717, 1.165) is 23.1 Å². The second-order valence-corrected chi connectivity index (χ2v) is 8.38. The average molecular weight is 465 g/mol. The molecule has 2 amide bonds. The first-order valence-electron chi connectivity index (χ1n) is 11.6. The molecule has 6 nitrogen and oxygen atoms in total. The molecular weight excluding hydrogens is 435 g/mol. The smallest absolute Gasteiger partial charge is 0.289 e. The van der Waals surface area contributed by atoms with Crippen molar-refractivity contribution in [2.75, 3.05) is 20.1 Å². The highest BCUT2D eigenvalue weighted by Gasteiger charge is 2.32. The van der Waals surface area contributed by atoms with Gasteiger partial charge >= 0.3 is 0 Å². The molecule has 7 heteroatoms. The van der Waals surface area contributed by atoms with Crippen LogP contribution in [-0.2, 0) is 17.8 Å². The second-order valence-electron chi connectivity index (χ2n) is 8.38. The van der Waals surface area contributed by atoms with E-state index in [0.29, 0.717) is 31.0 Å². The van der Waals surface area contributed by atoms with Crippen LogP contribution in [0.3, 0.4) is 0 Å². The summed E-state index contributed by atoms with van der Waals surface area (Å²) in [6.45, 7) is 5.05. The molecule has 1 unspecified atom stereocenters. The fourth-order valence-electron chi connectivity index (χ4n) is 4.25. The number of nitrogens with zero attached hydrogens (tertiary/aromatic N) is 2. The molecule has 0 spiro atoms. The van der Waals surface area contributed by atoms with E-state index in [9.17, 15) is 14.0 Å². The number of halogens is 1. The Bertz CT molecular complexity index is 1190. The van der Waals surface area contributed by atoms with Crippen molar-refractivity contribution in [1.82, 2.24) is 9.80 Å². The first-order valence-corrected chi connectivity index (χ1v) is 11.6. The van der Waals surface area contributed by atoms with E-state index in [2.05, 4.69) is 0 Å². The molecular formula is C27H29FN2O4. The van der Waals surface area contributed by atoms with Crippen molar-refractivity contribution < 1.29 is 23.1 Å². The van der Waals surface area contributed by atoms with Crippen molar-refractivity contribution in [3.8, 4) is 5.75 Å². The lowest BCUT2D eigenvalue weighted by Gasteiger charge is -2.38. The van der Waals surface area contributed by atoms with Gasteiger partial charge in [-0.05, 0) is 66.4 Å². The first-order chi connectivity index (χ1) is 16.4. The molecule has 178 valence electrons.